The summed E-state index contributed by atoms with van der Waals surface area (Å²) in [7, 11) is 1.37. The Kier molecular flexibility index (Phi) is 14.0. The highest BCUT2D eigenvalue weighted by Gasteiger charge is 2.26. The molecule has 1 N–H and O–H groups in total. The number of hydrogen-bond acceptors (Lipinski definition) is 11. The smallest absolute Gasteiger partial charge is 0.337 e. The van der Waals surface area contributed by atoms with Crippen LogP contribution in [0.3, 0.4) is 0 Å². The Bertz CT molecular complexity index is 2480. The van der Waals surface area contributed by atoms with E-state index in [4.69, 9.17) is 24.7 Å². The average molecular weight is 809 g/mol. The van der Waals surface area contributed by atoms with E-state index in [1.54, 1.807) is 44.2 Å². The second-order valence-corrected chi connectivity index (χ2v) is 15.4. The molecular formula is C48H52N6O6. The number of carboxylic acids is 1. The van der Waals surface area contributed by atoms with Crippen molar-refractivity contribution in [2.24, 2.45) is 11.8 Å². The third kappa shape index (κ3) is 10.2. The molecule has 0 aliphatic carbocycles. The molecule has 4 aromatic carbocycles. The molecule has 12 heteroatoms. The number of nitrogens with zero attached hydrogens (tertiary/aromatic N) is 6. The summed E-state index contributed by atoms with van der Waals surface area (Å²) in [4.78, 5) is 70.2. The summed E-state index contributed by atoms with van der Waals surface area (Å²) in [5.41, 5.74) is 6.91. The molecule has 2 fully saturated rings. The van der Waals surface area contributed by atoms with E-state index in [1.807, 2.05) is 66.7 Å². The number of carbonyl (C=O) groups excluding carboxylic acids is 3. The topological polar surface area (TPSA) is 156 Å². The molecule has 0 saturated carbocycles. The minimum atomic E-state index is -0.979. The van der Waals surface area contributed by atoms with E-state index in [2.05, 4.69) is 9.80 Å². The number of anilines is 2. The van der Waals surface area contributed by atoms with Crippen LogP contribution in [0.5, 0.6) is 0 Å². The summed E-state index contributed by atoms with van der Waals surface area (Å²) in [5.74, 6) is 1.54. The number of aromatic nitrogens is 4. The first-order chi connectivity index (χ1) is 28.6. The number of rotatable bonds is 10. The molecule has 310 valence electrons. The molecule has 0 atom stereocenters. The number of ketones is 2. The van der Waals surface area contributed by atoms with Crippen molar-refractivity contribution in [2.75, 3.05) is 43.1 Å². The van der Waals surface area contributed by atoms with Gasteiger partial charge >= 0.3 is 11.9 Å². The van der Waals surface area contributed by atoms with Crippen LogP contribution in [-0.4, -0.2) is 81.8 Å². The third-order valence-corrected chi connectivity index (χ3v) is 11.0. The maximum absolute atomic E-state index is 11.9. The highest BCUT2D eigenvalue weighted by molar-refractivity contribution is 5.95. The third-order valence-electron chi connectivity index (χ3n) is 11.0. The van der Waals surface area contributed by atoms with Crippen molar-refractivity contribution in [1.29, 1.82) is 0 Å². The summed E-state index contributed by atoms with van der Waals surface area (Å²) >= 11 is 0. The molecule has 2 aliphatic rings. The highest BCUT2D eigenvalue weighted by Crippen LogP contribution is 2.35. The molecule has 2 aliphatic heterocycles. The lowest BCUT2D eigenvalue weighted by atomic mass is 9.92. The number of esters is 1. The summed E-state index contributed by atoms with van der Waals surface area (Å²) in [5, 5.41) is 9.31. The van der Waals surface area contributed by atoms with Gasteiger partial charge in [-0.1, -0.05) is 68.1 Å². The van der Waals surface area contributed by atoms with E-state index in [1.165, 1.54) is 7.11 Å². The van der Waals surface area contributed by atoms with Crippen molar-refractivity contribution in [3.05, 3.63) is 108 Å². The lowest BCUT2D eigenvalue weighted by Gasteiger charge is -2.33. The van der Waals surface area contributed by atoms with Crippen LogP contribution < -0.4 is 9.80 Å². The van der Waals surface area contributed by atoms with Gasteiger partial charge in [-0.15, -0.1) is 0 Å². The van der Waals surface area contributed by atoms with Crippen molar-refractivity contribution in [1.82, 2.24) is 19.9 Å². The van der Waals surface area contributed by atoms with E-state index < -0.39 is 11.9 Å². The van der Waals surface area contributed by atoms with E-state index in [0.29, 0.717) is 46.8 Å². The second kappa shape index (κ2) is 19.5. The number of piperidine rings is 2. The van der Waals surface area contributed by atoms with Gasteiger partial charge < -0.3 is 29.2 Å². The molecule has 6 aromatic rings. The fraction of sp³-hybridized carbons (Fsp3) is 0.333. The molecule has 0 amide bonds. The van der Waals surface area contributed by atoms with Crippen molar-refractivity contribution < 1.29 is 29.0 Å². The largest absolute Gasteiger partial charge is 0.478 e. The van der Waals surface area contributed by atoms with Crippen LogP contribution in [0.15, 0.2) is 97.1 Å². The number of benzene rings is 4. The standard InChI is InChI=1S/C24H25N3O3.C23H23N3O3.CH4/c1-16(28)14-17-10-12-27(13-11-17)23-22(18-6-4-3-5-7-18)25-20-9-8-19(24(29)30-2)15-21(20)26-23;1-15(27)13-16-9-11-26(12-10-16)22-21(17-5-3-2-4-6-17)24-19-8-7-18(23(28)29)14-20(19)25-22;/h3-9,15,17H,10-14H2,1-2H3;2-8,14,16H,9-13H2,1H3,(H,28,29);1H4. The summed E-state index contributed by atoms with van der Waals surface area (Å²) in [6.07, 6.45) is 5.05. The van der Waals surface area contributed by atoms with E-state index in [-0.39, 0.29) is 24.6 Å². The molecule has 0 spiro atoms. The first kappa shape index (κ1) is 43.0. The Morgan fingerprint density at radius 2 is 0.983 bits per heavy atom. The maximum Gasteiger partial charge on any atom is 0.337 e. The fourth-order valence-corrected chi connectivity index (χ4v) is 8.00. The van der Waals surface area contributed by atoms with Gasteiger partial charge in [0.05, 0.1) is 40.3 Å². The number of ether oxygens (including phenoxy) is 1. The minimum absolute atomic E-state index is 0. The first-order valence-electron chi connectivity index (χ1n) is 20.1. The highest BCUT2D eigenvalue weighted by atomic mass is 16.5. The second-order valence-electron chi connectivity index (χ2n) is 15.4. The van der Waals surface area contributed by atoms with Crippen LogP contribution >= 0.6 is 0 Å². The number of hydrogen-bond donors (Lipinski definition) is 1. The van der Waals surface area contributed by atoms with Gasteiger partial charge in [0, 0.05) is 50.1 Å². The number of fused-ring (bicyclic) bond motifs is 2. The van der Waals surface area contributed by atoms with Crippen molar-refractivity contribution in [3.8, 4) is 22.5 Å². The van der Waals surface area contributed by atoms with Gasteiger partial charge in [-0.2, -0.15) is 0 Å². The molecule has 4 heterocycles. The van der Waals surface area contributed by atoms with Crippen molar-refractivity contribution in [3.63, 3.8) is 0 Å². The van der Waals surface area contributed by atoms with Crippen molar-refractivity contribution in [2.45, 2.75) is 59.8 Å². The van der Waals surface area contributed by atoms with Gasteiger partial charge in [0.15, 0.2) is 11.6 Å². The maximum atomic E-state index is 11.9. The van der Waals surface area contributed by atoms with Crippen LogP contribution in [0, 0.1) is 11.8 Å². The first-order valence-corrected chi connectivity index (χ1v) is 20.1. The van der Waals surface area contributed by atoms with Gasteiger partial charge in [0.1, 0.15) is 23.0 Å². The van der Waals surface area contributed by atoms with E-state index in [0.717, 1.165) is 91.5 Å². The Morgan fingerprint density at radius 3 is 1.37 bits per heavy atom. The van der Waals surface area contributed by atoms with Crippen LogP contribution in [0.1, 0.15) is 80.5 Å². The molecule has 0 bridgehead atoms. The van der Waals surface area contributed by atoms with Gasteiger partial charge in [0.25, 0.3) is 0 Å². The molecule has 8 rings (SSSR count). The van der Waals surface area contributed by atoms with Gasteiger partial charge in [-0.25, -0.2) is 29.5 Å². The van der Waals surface area contributed by atoms with Crippen LogP contribution in [0.2, 0.25) is 0 Å². The number of carbonyl (C=O) groups is 4. The molecule has 12 nitrogen and oxygen atoms in total. The molecule has 0 radical (unpaired) electrons. The Balaban J connectivity index is 0.000000198. The van der Waals surface area contributed by atoms with Gasteiger partial charge in [-0.3, -0.25) is 0 Å². The quantitative estimate of drug-likeness (QED) is 0.131. The van der Waals surface area contributed by atoms with Gasteiger partial charge in [0.2, 0.25) is 0 Å². The lowest BCUT2D eigenvalue weighted by molar-refractivity contribution is -0.118. The van der Waals surface area contributed by atoms with Crippen LogP contribution in [0.4, 0.5) is 11.6 Å². The Hall–Kier alpha value is -6.56. The monoisotopic (exact) mass is 808 g/mol. The van der Waals surface area contributed by atoms with E-state index >= 15 is 0 Å². The SMILES string of the molecule is C.CC(=O)CC1CCN(c2nc3cc(C(=O)O)ccc3nc2-c2ccccc2)CC1.COC(=O)c1ccc2nc(-c3ccccc3)c(N3CCC(CC(C)=O)CC3)nc2c1. The molecule has 2 aromatic heterocycles. The Morgan fingerprint density at radius 1 is 0.583 bits per heavy atom. The normalized spacial score (nSPS) is 14.5. The minimum Gasteiger partial charge on any atom is -0.478 e. The lowest BCUT2D eigenvalue weighted by Crippen LogP contribution is -2.35. The summed E-state index contributed by atoms with van der Waals surface area (Å²) < 4.78 is 4.84. The number of aromatic carboxylic acids is 1. The zero-order valence-corrected chi connectivity index (χ0v) is 33.6. The number of methoxy groups -OCH3 is 1. The number of Topliss-reactive ketones (excluding diaryl/α,β-unsaturated/α-hetero) is 2. The van der Waals surface area contributed by atoms with Gasteiger partial charge in [-0.05, 0) is 87.8 Å². The zero-order valence-electron chi connectivity index (χ0n) is 33.6. The Labute approximate surface area is 350 Å². The van der Waals surface area contributed by atoms with Crippen molar-refractivity contribution >= 4 is 57.2 Å². The molecular weight excluding hydrogens is 757 g/mol. The molecule has 60 heavy (non-hydrogen) atoms. The molecule has 2 saturated heterocycles. The summed E-state index contributed by atoms with van der Waals surface area (Å²) in [6, 6.07) is 30.0. The molecule has 0 unspecified atom stereocenters. The van der Waals surface area contributed by atoms with Crippen LogP contribution in [0.25, 0.3) is 44.6 Å². The summed E-state index contributed by atoms with van der Waals surface area (Å²) in [6.45, 7) is 6.57. The average Bonchev–Trinajstić information content (AvgIpc) is 3.25. The predicted octanol–water partition coefficient (Wildman–Crippen LogP) is 9.11. The van der Waals surface area contributed by atoms with E-state index in [9.17, 15) is 24.3 Å². The number of carboxylic acid groups (broad SMARTS) is 1. The zero-order chi connectivity index (χ0) is 41.5. The fourth-order valence-electron chi connectivity index (χ4n) is 8.00. The van der Waals surface area contributed by atoms with Crippen LogP contribution in [-0.2, 0) is 14.3 Å². The predicted molar refractivity (Wildman–Crippen MR) is 235 cm³/mol.